The summed E-state index contributed by atoms with van der Waals surface area (Å²) in [5.74, 6) is -0.653. The fourth-order valence-corrected chi connectivity index (χ4v) is 3.69. The molecule has 1 saturated heterocycles. The summed E-state index contributed by atoms with van der Waals surface area (Å²) in [4.78, 5) is 18.5. The molecule has 0 spiro atoms. The predicted molar refractivity (Wildman–Crippen MR) is 104 cm³/mol. The minimum Gasteiger partial charge on any atom is -0.385 e. The molecule has 0 unspecified atom stereocenters. The Morgan fingerprint density at radius 1 is 1.28 bits per heavy atom. The number of carbonyl (C=O) groups excluding carboxylic acids is 1. The largest absolute Gasteiger partial charge is 0.385 e. The van der Waals surface area contributed by atoms with Crippen LogP contribution in [-0.4, -0.2) is 49.0 Å². The van der Waals surface area contributed by atoms with Gasteiger partial charge in [-0.2, -0.15) is 0 Å². The molecule has 7 nitrogen and oxygen atoms in total. The second kappa shape index (κ2) is 7.88. The van der Waals surface area contributed by atoms with Gasteiger partial charge < -0.3 is 10.0 Å². The number of aliphatic hydroxyl groups is 1. The Hall–Kier alpha value is -2.84. The van der Waals surface area contributed by atoms with Crippen molar-refractivity contribution in [3.8, 4) is 0 Å². The van der Waals surface area contributed by atoms with Gasteiger partial charge in [-0.25, -0.2) is 9.07 Å². The SMILES string of the molecule is O=C(c1cn(Cc2ccc(F)cc2Cl)nn1)N1CCC(O)(c2cccnc2)CC1. The molecule has 0 radical (unpaired) electrons. The average molecular weight is 416 g/mol. The molecule has 150 valence electrons. The van der Waals surface area contributed by atoms with Crippen LogP contribution in [0.4, 0.5) is 4.39 Å². The van der Waals surface area contributed by atoms with Gasteiger partial charge in [-0.3, -0.25) is 9.78 Å². The molecule has 3 heterocycles. The van der Waals surface area contributed by atoms with E-state index in [2.05, 4.69) is 15.3 Å². The second-order valence-corrected chi connectivity index (χ2v) is 7.51. The number of aromatic nitrogens is 4. The van der Waals surface area contributed by atoms with E-state index in [0.717, 1.165) is 5.56 Å². The average Bonchev–Trinajstić information content (AvgIpc) is 3.19. The van der Waals surface area contributed by atoms with E-state index in [-0.39, 0.29) is 18.1 Å². The maximum atomic E-state index is 13.2. The maximum Gasteiger partial charge on any atom is 0.276 e. The monoisotopic (exact) mass is 415 g/mol. The summed E-state index contributed by atoms with van der Waals surface area (Å²) < 4.78 is 14.7. The first-order chi connectivity index (χ1) is 13.9. The van der Waals surface area contributed by atoms with Crippen LogP contribution in [0.1, 0.15) is 34.5 Å². The summed E-state index contributed by atoms with van der Waals surface area (Å²) in [6, 6.07) is 7.76. The van der Waals surface area contributed by atoms with Crippen LogP contribution in [0.5, 0.6) is 0 Å². The predicted octanol–water partition coefficient (Wildman–Crippen LogP) is 2.64. The number of likely N-dealkylation sites (tertiary alicyclic amines) is 1. The van der Waals surface area contributed by atoms with Crippen LogP contribution in [0.15, 0.2) is 48.9 Å². The lowest BCUT2D eigenvalue weighted by Crippen LogP contribution is -2.45. The number of carbonyl (C=O) groups is 1. The van der Waals surface area contributed by atoms with Crippen LogP contribution >= 0.6 is 11.6 Å². The molecule has 4 rings (SSSR count). The van der Waals surface area contributed by atoms with Crippen molar-refractivity contribution in [1.29, 1.82) is 0 Å². The van der Waals surface area contributed by atoms with E-state index in [4.69, 9.17) is 11.6 Å². The quantitative estimate of drug-likeness (QED) is 0.708. The maximum absolute atomic E-state index is 13.2. The lowest BCUT2D eigenvalue weighted by atomic mass is 9.85. The Labute approximate surface area is 171 Å². The van der Waals surface area contributed by atoms with Crippen LogP contribution in [0.2, 0.25) is 5.02 Å². The zero-order valence-corrected chi connectivity index (χ0v) is 16.3. The molecule has 1 amide bonds. The Morgan fingerprint density at radius 2 is 2.07 bits per heavy atom. The van der Waals surface area contributed by atoms with E-state index in [1.165, 1.54) is 16.8 Å². The first-order valence-electron chi connectivity index (χ1n) is 9.21. The summed E-state index contributed by atoms with van der Waals surface area (Å²) in [7, 11) is 0. The molecule has 1 fully saturated rings. The Bertz CT molecular complexity index is 1020. The van der Waals surface area contributed by atoms with E-state index in [1.54, 1.807) is 35.6 Å². The van der Waals surface area contributed by atoms with Gasteiger partial charge >= 0.3 is 0 Å². The van der Waals surface area contributed by atoms with Gasteiger partial charge in [0.25, 0.3) is 5.91 Å². The number of pyridine rings is 1. The number of amides is 1. The minimum atomic E-state index is -0.984. The molecule has 2 aromatic heterocycles. The Balaban J connectivity index is 1.41. The van der Waals surface area contributed by atoms with E-state index in [1.807, 2.05) is 6.07 Å². The molecule has 1 aromatic carbocycles. The number of hydrogen-bond acceptors (Lipinski definition) is 5. The molecule has 0 saturated carbocycles. The molecule has 9 heteroatoms. The minimum absolute atomic E-state index is 0.218. The third-order valence-electron chi connectivity index (χ3n) is 5.18. The second-order valence-electron chi connectivity index (χ2n) is 7.10. The Kier molecular flexibility index (Phi) is 5.29. The van der Waals surface area contributed by atoms with Crippen molar-refractivity contribution in [2.75, 3.05) is 13.1 Å². The van der Waals surface area contributed by atoms with Crippen molar-refractivity contribution in [1.82, 2.24) is 24.9 Å². The number of piperidine rings is 1. The van der Waals surface area contributed by atoms with Crippen LogP contribution in [0.3, 0.4) is 0 Å². The smallest absolute Gasteiger partial charge is 0.276 e. The van der Waals surface area contributed by atoms with Gasteiger partial charge in [-0.1, -0.05) is 28.9 Å². The van der Waals surface area contributed by atoms with Crippen molar-refractivity contribution in [3.05, 3.63) is 76.6 Å². The molecule has 1 aliphatic heterocycles. The number of rotatable bonds is 4. The fraction of sp³-hybridized carbons (Fsp3) is 0.300. The fourth-order valence-electron chi connectivity index (χ4n) is 3.47. The van der Waals surface area contributed by atoms with E-state index < -0.39 is 11.4 Å². The van der Waals surface area contributed by atoms with E-state index in [9.17, 15) is 14.3 Å². The van der Waals surface area contributed by atoms with E-state index in [0.29, 0.717) is 36.5 Å². The van der Waals surface area contributed by atoms with Crippen molar-refractivity contribution in [2.45, 2.75) is 25.0 Å². The zero-order chi connectivity index (χ0) is 20.4. The molecule has 1 aliphatic rings. The molecule has 0 atom stereocenters. The van der Waals surface area contributed by atoms with Crippen LogP contribution in [-0.2, 0) is 12.1 Å². The third kappa shape index (κ3) is 4.13. The highest BCUT2D eigenvalue weighted by atomic mass is 35.5. The van der Waals surface area contributed by atoms with Crippen LogP contribution < -0.4 is 0 Å². The van der Waals surface area contributed by atoms with Gasteiger partial charge in [0.05, 0.1) is 18.3 Å². The Morgan fingerprint density at radius 3 is 2.76 bits per heavy atom. The summed E-state index contributed by atoms with van der Waals surface area (Å²) in [5.41, 5.74) is 0.669. The van der Waals surface area contributed by atoms with Gasteiger partial charge in [-0.15, -0.1) is 5.10 Å². The van der Waals surface area contributed by atoms with E-state index >= 15 is 0 Å². The van der Waals surface area contributed by atoms with Gasteiger partial charge in [-0.05, 0) is 36.6 Å². The molecule has 0 bridgehead atoms. The highest BCUT2D eigenvalue weighted by Crippen LogP contribution is 2.32. The molecular weight excluding hydrogens is 397 g/mol. The molecule has 29 heavy (non-hydrogen) atoms. The lowest BCUT2D eigenvalue weighted by Gasteiger charge is -2.38. The normalized spacial score (nSPS) is 16.0. The van der Waals surface area contributed by atoms with Crippen LogP contribution in [0.25, 0.3) is 0 Å². The summed E-state index contributed by atoms with van der Waals surface area (Å²) in [6.45, 7) is 1.09. The molecule has 3 aromatic rings. The first-order valence-corrected chi connectivity index (χ1v) is 9.59. The first kappa shape index (κ1) is 19.5. The summed E-state index contributed by atoms with van der Waals surface area (Å²) in [6.07, 6.45) is 5.70. The van der Waals surface area contributed by atoms with Gasteiger partial charge in [0.1, 0.15) is 5.82 Å². The molecular formula is C20H19ClFN5O2. The number of hydrogen-bond donors (Lipinski definition) is 1. The van der Waals surface area contributed by atoms with Crippen molar-refractivity contribution >= 4 is 17.5 Å². The highest BCUT2D eigenvalue weighted by Gasteiger charge is 2.36. The third-order valence-corrected chi connectivity index (χ3v) is 5.53. The van der Waals surface area contributed by atoms with Crippen molar-refractivity contribution in [2.24, 2.45) is 0 Å². The van der Waals surface area contributed by atoms with Crippen molar-refractivity contribution < 1.29 is 14.3 Å². The number of nitrogens with zero attached hydrogens (tertiary/aromatic N) is 5. The molecule has 0 aliphatic carbocycles. The van der Waals surface area contributed by atoms with Gasteiger partial charge in [0.2, 0.25) is 0 Å². The highest BCUT2D eigenvalue weighted by molar-refractivity contribution is 6.31. The summed E-state index contributed by atoms with van der Waals surface area (Å²) in [5, 5.41) is 19.1. The van der Waals surface area contributed by atoms with Gasteiger partial charge in [0, 0.05) is 36.1 Å². The molecule has 1 N–H and O–H groups in total. The van der Waals surface area contributed by atoms with Crippen LogP contribution in [0, 0.1) is 5.82 Å². The lowest BCUT2D eigenvalue weighted by molar-refractivity contribution is -0.0215. The number of benzene rings is 1. The summed E-state index contributed by atoms with van der Waals surface area (Å²) >= 11 is 6.04. The zero-order valence-electron chi connectivity index (χ0n) is 15.5. The van der Waals surface area contributed by atoms with Crippen molar-refractivity contribution in [3.63, 3.8) is 0 Å². The topological polar surface area (TPSA) is 84.1 Å². The number of halogens is 2. The standard InChI is InChI=1S/C20H19ClFN5O2/c21-17-10-16(22)4-3-14(17)12-27-13-18(24-25-27)19(28)26-8-5-20(29,6-9-26)15-2-1-7-23-11-15/h1-4,7,10-11,13,29H,5-6,8-9,12H2. The van der Waals surface area contributed by atoms with Gasteiger partial charge in [0.15, 0.2) is 5.69 Å².